The number of hydrogen-bond acceptors (Lipinski definition) is 1. The van der Waals surface area contributed by atoms with Crippen LogP contribution in [0.2, 0.25) is 0 Å². The van der Waals surface area contributed by atoms with Crippen molar-refractivity contribution < 1.29 is 0 Å². The van der Waals surface area contributed by atoms with Crippen molar-refractivity contribution in [3.05, 3.63) is 0 Å². The van der Waals surface area contributed by atoms with E-state index in [9.17, 15) is 0 Å². The van der Waals surface area contributed by atoms with E-state index in [1.165, 1.54) is 77.3 Å². The van der Waals surface area contributed by atoms with E-state index in [1.807, 2.05) is 0 Å². The summed E-state index contributed by atoms with van der Waals surface area (Å²) in [6, 6.07) is 0. The van der Waals surface area contributed by atoms with Crippen molar-refractivity contribution in [3.8, 4) is 0 Å². The predicted molar refractivity (Wildman–Crippen MR) is 70.6 cm³/mol. The first-order valence-electron chi connectivity index (χ1n) is 7.55. The van der Waals surface area contributed by atoms with E-state index in [2.05, 4.69) is 12.2 Å². The predicted octanol–water partition coefficient (Wildman–Crippen LogP) is 4.13. The van der Waals surface area contributed by atoms with Gasteiger partial charge in [0.2, 0.25) is 0 Å². The Bertz CT molecular complexity index is 184. The standard InChI is InChI=1S/C15H29N/c1-2-15(10-6-11-15)13-16-12-9-14-7-4-3-5-8-14/h14,16H,2-13H2,1H3. The number of hydrogen-bond donors (Lipinski definition) is 1. The lowest BCUT2D eigenvalue weighted by Crippen LogP contribution is -2.40. The number of nitrogens with one attached hydrogen (secondary N) is 1. The monoisotopic (exact) mass is 223 g/mol. The molecule has 0 spiro atoms. The quantitative estimate of drug-likeness (QED) is 0.668. The van der Waals surface area contributed by atoms with Gasteiger partial charge in [-0.15, -0.1) is 0 Å². The van der Waals surface area contributed by atoms with Crippen LogP contribution in [-0.4, -0.2) is 13.1 Å². The molecule has 0 atom stereocenters. The lowest BCUT2D eigenvalue weighted by molar-refractivity contribution is 0.123. The highest BCUT2D eigenvalue weighted by Gasteiger charge is 2.34. The molecule has 0 aromatic carbocycles. The molecule has 0 heterocycles. The zero-order valence-electron chi connectivity index (χ0n) is 11.1. The molecule has 2 fully saturated rings. The first kappa shape index (κ1) is 12.4. The van der Waals surface area contributed by atoms with Crippen LogP contribution in [-0.2, 0) is 0 Å². The second-order valence-electron chi connectivity index (χ2n) is 6.18. The van der Waals surface area contributed by atoms with Gasteiger partial charge in [-0.05, 0) is 43.6 Å². The molecule has 94 valence electrons. The van der Waals surface area contributed by atoms with Crippen LogP contribution in [0.5, 0.6) is 0 Å². The lowest BCUT2D eigenvalue weighted by Gasteiger charge is -2.41. The topological polar surface area (TPSA) is 12.0 Å². The normalized spacial score (nSPS) is 25.3. The van der Waals surface area contributed by atoms with Crippen molar-refractivity contribution in [1.82, 2.24) is 5.32 Å². The van der Waals surface area contributed by atoms with E-state index in [1.54, 1.807) is 0 Å². The second-order valence-corrected chi connectivity index (χ2v) is 6.18. The van der Waals surface area contributed by atoms with Crippen LogP contribution < -0.4 is 5.32 Å². The Morgan fingerprint density at radius 3 is 2.38 bits per heavy atom. The van der Waals surface area contributed by atoms with E-state index in [0.717, 1.165) is 5.92 Å². The van der Waals surface area contributed by atoms with Crippen molar-refractivity contribution in [2.45, 2.75) is 71.1 Å². The van der Waals surface area contributed by atoms with Gasteiger partial charge >= 0.3 is 0 Å². The highest BCUT2D eigenvalue weighted by Crippen LogP contribution is 2.43. The maximum atomic E-state index is 3.73. The van der Waals surface area contributed by atoms with Gasteiger partial charge in [0.1, 0.15) is 0 Å². The molecule has 2 rings (SSSR count). The largest absolute Gasteiger partial charge is 0.316 e. The zero-order chi connectivity index (χ0) is 11.3. The van der Waals surface area contributed by atoms with Crippen LogP contribution in [0.25, 0.3) is 0 Å². The average Bonchev–Trinajstić information content (AvgIpc) is 2.29. The SMILES string of the molecule is CCC1(CNCCC2CCCCC2)CCC1. The highest BCUT2D eigenvalue weighted by atomic mass is 14.9. The molecule has 1 heteroatoms. The Hall–Kier alpha value is -0.0400. The van der Waals surface area contributed by atoms with Crippen molar-refractivity contribution in [3.63, 3.8) is 0 Å². The molecule has 0 aliphatic heterocycles. The summed E-state index contributed by atoms with van der Waals surface area (Å²) in [6.07, 6.45) is 14.7. The van der Waals surface area contributed by atoms with E-state index < -0.39 is 0 Å². The second kappa shape index (κ2) is 6.05. The van der Waals surface area contributed by atoms with Crippen molar-refractivity contribution >= 4 is 0 Å². The Morgan fingerprint density at radius 2 is 1.81 bits per heavy atom. The Morgan fingerprint density at radius 1 is 1.06 bits per heavy atom. The summed E-state index contributed by atoms with van der Waals surface area (Å²) in [7, 11) is 0. The van der Waals surface area contributed by atoms with Gasteiger partial charge in [0.15, 0.2) is 0 Å². The number of rotatable bonds is 6. The summed E-state index contributed by atoms with van der Waals surface area (Å²) in [5.41, 5.74) is 0.701. The molecule has 1 nitrogen and oxygen atoms in total. The smallest absolute Gasteiger partial charge is 0.000770 e. The summed E-state index contributed by atoms with van der Waals surface area (Å²) in [5.74, 6) is 1.04. The highest BCUT2D eigenvalue weighted by molar-refractivity contribution is 4.88. The van der Waals surface area contributed by atoms with E-state index >= 15 is 0 Å². The summed E-state index contributed by atoms with van der Waals surface area (Å²) in [6.45, 7) is 4.92. The molecule has 0 aromatic rings. The molecule has 0 unspecified atom stereocenters. The van der Waals surface area contributed by atoms with E-state index in [0.29, 0.717) is 5.41 Å². The van der Waals surface area contributed by atoms with Crippen LogP contribution in [0.15, 0.2) is 0 Å². The zero-order valence-corrected chi connectivity index (χ0v) is 11.1. The van der Waals surface area contributed by atoms with Gasteiger partial charge in [0.25, 0.3) is 0 Å². The summed E-state index contributed by atoms with van der Waals surface area (Å²) >= 11 is 0. The fraction of sp³-hybridized carbons (Fsp3) is 1.00. The van der Waals surface area contributed by atoms with Crippen LogP contribution in [0.3, 0.4) is 0 Å². The molecule has 2 aliphatic carbocycles. The fourth-order valence-corrected chi connectivity index (χ4v) is 3.47. The summed E-state index contributed by atoms with van der Waals surface area (Å²) in [4.78, 5) is 0. The summed E-state index contributed by atoms with van der Waals surface area (Å²) in [5, 5.41) is 3.73. The molecule has 16 heavy (non-hydrogen) atoms. The lowest BCUT2D eigenvalue weighted by atomic mass is 9.67. The van der Waals surface area contributed by atoms with Crippen LogP contribution >= 0.6 is 0 Å². The molecule has 2 saturated carbocycles. The van der Waals surface area contributed by atoms with Crippen LogP contribution in [0.4, 0.5) is 0 Å². The molecular formula is C15H29N. The minimum Gasteiger partial charge on any atom is -0.316 e. The minimum absolute atomic E-state index is 0.701. The molecule has 0 aromatic heterocycles. The van der Waals surface area contributed by atoms with Crippen LogP contribution in [0.1, 0.15) is 71.1 Å². The third kappa shape index (κ3) is 3.23. The average molecular weight is 223 g/mol. The maximum absolute atomic E-state index is 3.73. The van der Waals surface area contributed by atoms with Gasteiger partial charge in [-0.1, -0.05) is 45.4 Å². The molecule has 2 aliphatic rings. The van der Waals surface area contributed by atoms with Gasteiger partial charge in [-0.3, -0.25) is 0 Å². The van der Waals surface area contributed by atoms with Gasteiger partial charge < -0.3 is 5.32 Å². The van der Waals surface area contributed by atoms with Crippen molar-refractivity contribution in [1.29, 1.82) is 0 Å². The molecule has 0 bridgehead atoms. The van der Waals surface area contributed by atoms with Crippen molar-refractivity contribution in [2.75, 3.05) is 13.1 Å². The third-order valence-corrected chi connectivity index (χ3v) is 5.12. The maximum Gasteiger partial charge on any atom is 0.000770 e. The van der Waals surface area contributed by atoms with E-state index in [-0.39, 0.29) is 0 Å². The van der Waals surface area contributed by atoms with E-state index in [4.69, 9.17) is 0 Å². The minimum atomic E-state index is 0.701. The Kier molecular flexibility index (Phi) is 4.69. The van der Waals surface area contributed by atoms with Crippen LogP contribution in [0, 0.1) is 11.3 Å². The molecule has 0 radical (unpaired) electrons. The van der Waals surface area contributed by atoms with Gasteiger partial charge in [-0.25, -0.2) is 0 Å². The molecule has 0 saturated heterocycles. The first-order valence-corrected chi connectivity index (χ1v) is 7.55. The Labute approximate surface area is 101 Å². The van der Waals surface area contributed by atoms with Gasteiger partial charge in [-0.2, -0.15) is 0 Å². The fourth-order valence-electron chi connectivity index (χ4n) is 3.47. The molecular weight excluding hydrogens is 194 g/mol. The van der Waals surface area contributed by atoms with Crippen molar-refractivity contribution in [2.24, 2.45) is 11.3 Å². The summed E-state index contributed by atoms with van der Waals surface area (Å²) < 4.78 is 0. The molecule has 0 amide bonds. The van der Waals surface area contributed by atoms with Gasteiger partial charge in [0.05, 0.1) is 0 Å². The molecule has 1 N–H and O–H groups in total. The Balaban J connectivity index is 1.54. The first-order chi connectivity index (χ1) is 7.85. The third-order valence-electron chi connectivity index (χ3n) is 5.12. The van der Waals surface area contributed by atoms with Gasteiger partial charge in [0, 0.05) is 6.54 Å².